The molecule has 4 rings (SSSR count). The van der Waals surface area contributed by atoms with Crippen molar-refractivity contribution in [2.45, 2.75) is 17.6 Å². The molecule has 0 aliphatic carbocycles. The van der Waals surface area contributed by atoms with Gasteiger partial charge in [0.2, 0.25) is 16.0 Å². The Kier molecular flexibility index (Phi) is 6.73. The van der Waals surface area contributed by atoms with E-state index in [1.807, 2.05) is 0 Å². The fourth-order valence-electron chi connectivity index (χ4n) is 3.20. The second-order valence-electron chi connectivity index (χ2n) is 7.59. The van der Waals surface area contributed by atoms with Crippen molar-refractivity contribution >= 4 is 32.8 Å². The van der Waals surface area contributed by atoms with E-state index < -0.39 is 39.3 Å². The predicted molar refractivity (Wildman–Crippen MR) is 122 cm³/mol. The summed E-state index contributed by atoms with van der Waals surface area (Å²) in [5.74, 6) is -1.68. The minimum absolute atomic E-state index is 0.0373. The molecule has 188 valence electrons. The second kappa shape index (κ2) is 9.62. The van der Waals surface area contributed by atoms with E-state index in [2.05, 4.69) is 25.6 Å². The molecule has 0 atom stereocenters. The number of nitrogens with one attached hydrogen (secondary N) is 2. The first-order valence-electron chi connectivity index (χ1n) is 10.2. The molecule has 0 aliphatic rings. The highest BCUT2D eigenvalue weighted by Crippen LogP contribution is 2.27. The van der Waals surface area contributed by atoms with Crippen LogP contribution in [0.25, 0.3) is 22.3 Å². The Hall–Kier alpha value is -3.91. The third-order valence-corrected chi connectivity index (χ3v) is 5.84. The topological polar surface area (TPSA) is 123 Å². The van der Waals surface area contributed by atoms with Crippen LogP contribution in [0.5, 0.6) is 0 Å². The van der Waals surface area contributed by atoms with E-state index in [4.69, 9.17) is 5.14 Å². The van der Waals surface area contributed by atoms with Gasteiger partial charge in [-0.3, -0.25) is 0 Å². The number of pyridine rings is 1. The van der Waals surface area contributed by atoms with Gasteiger partial charge in [0, 0.05) is 17.7 Å². The van der Waals surface area contributed by atoms with Crippen molar-refractivity contribution in [1.29, 1.82) is 0 Å². The fourth-order valence-corrected chi connectivity index (χ4v) is 3.73. The van der Waals surface area contributed by atoms with Gasteiger partial charge in [0.05, 0.1) is 16.1 Å². The Labute approximate surface area is 201 Å². The van der Waals surface area contributed by atoms with Crippen LogP contribution in [-0.2, 0) is 16.6 Å². The van der Waals surface area contributed by atoms with Gasteiger partial charge in [-0.1, -0.05) is 6.07 Å². The van der Waals surface area contributed by atoms with Gasteiger partial charge in [0.15, 0.2) is 5.82 Å². The first kappa shape index (κ1) is 25.2. The molecule has 0 amide bonds. The number of benzene rings is 2. The van der Waals surface area contributed by atoms with Crippen LogP contribution in [0.3, 0.4) is 0 Å². The third-order valence-electron chi connectivity index (χ3n) is 4.93. The average Bonchev–Trinajstić information content (AvgIpc) is 2.81. The lowest BCUT2D eigenvalue weighted by atomic mass is 10.1. The van der Waals surface area contributed by atoms with Crippen LogP contribution >= 0.6 is 0 Å². The second-order valence-corrected chi connectivity index (χ2v) is 9.15. The Morgan fingerprint density at radius 2 is 1.61 bits per heavy atom. The lowest BCUT2D eigenvalue weighted by Crippen LogP contribution is -2.22. The molecule has 4 N–H and O–H groups in total. The Morgan fingerprint density at radius 3 is 2.25 bits per heavy atom. The Balaban J connectivity index is 1.67. The third kappa shape index (κ3) is 6.01. The van der Waals surface area contributed by atoms with Crippen molar-refractivity contribution in [3.05, 3.63) is 71.8 Å². The highest BCUT2D eigenvalue weighted by Gasteiger charge is 2.27. The summed E-state index contributed by atoms with van der Waals surface area (Å²) in [7, 11) is -4.09. The average molecular weight is 524 g/mol. The van der Waals surface area contributed by atoms with E-state index in [9.17, 15) is 30.4 Å². The number of alkyl halides is 3. The summed E-state index contributed by atoms with van der Waals surface area (Å²) >= 11 is 0. The number of fused-ring (bicyclic) bond motifs is 1. The maximum absolute atomic E-state index is 14.3. The number of aromatic nitrogens is 3. The molecule has 0 saturated heterocycles. The monoisotopic (exact) mass is 524 g/mol. The molecule has 0 saturated carbocycles. The van der Waals surface area contributed by atoms with Gasteiger partial charge in [-0.2, -0.15) is 18.2 Å². The molecule has 2 heterocycles. The van der Waals surface area contributed by atoms with Gasteiger partial charge in [0.1, 0.15) is 23.7 Å². The Bertz CT molecular complexity index is 1530. The van der Waals surface area contributed by atoms with Crippen LogP contribution in [0.4, 0.5) is 33.7 Å². The van der Waals surface area contributed by atoms with E-state index in [1.165, 1.54) is 36.4 Å². The summed E-state index contributed by atoms with van der Waals surface area (Å²) in [5, 5.41) is 9.89. The number of sulfonamides is 1. The van der Waals surface area contributed by atoms with Gasteiger partial charge in [-0.05, 0) is 48.5 Å². The van der Waals surface area contributed by atoms with E-state index in [0.29, 0.717) is 11.3 Å². The molecule has 0 unspecified atom stereocenters. The van der Waals surface area contributed by atoms with Crippen LogP contribution < -0.4 is 15.8 Å². The molecule has 36 heavy (non-hydrogen) atoms. The summed E-state index contributed by atoms with van der Waals surface area (Å²) in [6.45, 7) is -1.60. The minimum Gasteiger partial charge on any atom is -0.359 e. The zero-order valence-corrected chi connectivity index (χ0v) is 19.0. The maximum atomic E-state index is 14.3. The number of nitrogens with zero attached hydrogens (tertiary/aromatic N) is 3. The lowest BCUT2D eigenvalue weighted by molar-refractivity contribution is -0.115. The maximum Gasteiger partial charge on any atom is 0.405 e. The number of hydrogen-bond acceptors (Lipinski definition) is 7. The minimum atomic E-state index is -4.55. The first-order chi connectivity index (χ1) is 16.9. The van der Waals surface area contributed by atoms with Crippen molar-refractivity contribution in [2.24, 2.45) is 5.14 Å². The van der Waals surface area contributed by atoms with Crippen LogP contribution in [0, 0.1) is 11.6 Å². The molecular weight excluding hydrogens is 507 g/mol. The van der Waals surface area contributed by atoms with Gasteiger partial charge < -0.3 is 10.6 Å². The van der Waals surface area contributed by atoms with Crippen LogP contribution in [-0.4, -0.2) is 36.1 Å². The summed E-state index contributed by atoms with van der Waals surface area (Å²) < 4.78 is 89.0. The highest BCUT2D eigenvalue weighted by molar-refractivity contribution is 7.89. The van der Waals surface area contributed by atoms with E-state index >= 15 is 0 Å². The molecular formula is C22H17F5N6O2S. The first-order valence-corrected chi connectivity index (χ1v) is 11.7. The van der Waals surface area contributed by atoms with Crippen molar-refractivity contribution in [3.8, 4) is 11.3 Å². The van der Waals surface area contributed by atoms with Gasteiger partial charge in [0.25, 0.3) is 0 Å². The lowest BCUT2D eigenvalue weighted by Gasteiger charge is -2.14. The molecule has 14 heteroatoms. The fraction of sp³-hybridized carbons (Fsp3) is 0.136. The van der Waals surface area contributed by atoms with E-state index in [1.54, 1.807) is 6.07 Å². The van der Waals surface area contributed by atoms with E-state index in [0.717, 1.165) is 12.1 Å². The molecule has 4 aromatic rings. The molecule has 8 nitrogen and oxygen atoms in total. The van der Waals surface area contributed by atoms with Gasteiger partial charge >= 0.3 is 6.18 Å². The quantitative estimate of drug-likeness (QED) is 0.310. The number of rotatable bonds is 7. The molecule has 2 aromatic heterocycles. The van der Waals surface area contributed by atoms with Crippen molar-refractivity contribution in [1.82, 2.24) is 15.0 Å². The zero-order valence-electron chi connectivity index (χ0n) is 18.1. The summed E-state index contributed by atoms with van der Waals surface area (Å²) in [4.78, 5) is 12.2. The number of nitrogens with two attached hydrogens (primary N) is 1. The zero-order chi connectivity index (χ0) is 26.1. The standard InChI is InChI=1S/C22H17F5N6O2S/c23-14-4-1-12(2-5-14)17-7-8-18-19(31-17)20(30-11-22(25,26)27)33-21(32-18)29-10-13-3-6-15(9-16(13)24)36(28,34)35/h1-9H,10-11H2,(H2,28,34,35)(H2,29,30,32,33). The number of anilines is 2. The molecule has 0 aliphatic heterocycles. The van der Waals surface area contributed by atoms with Crippen molar-refractivity contribution < 1.29 is 30.4 Å². The normalized spacial score (nSPS) is 12.1. The molecule has 0 radical (unpaired) electrons. The summed E-state index contributed by atoms with van der Waals surface area (Å²) in [5.41, 5.74) is 1.16. The van der Waals surface area contributed by atoms with Crippen LogP contribution in [0.1, 0.15) is 5.56 Å². The van der Waals surface area contributed by atoms with Crippen molar-refractivity contribution in [2.75, 3.05) is 17.2 Å². The molecule has 2 aromatic carbocycles. The number of halogens is 5. The van der Waals surface area contributed by atoms with Gasteiger partial charge in [-0.25, -0.2) is 32.3 Å². The highest BCUT2D eigenvalue weighted by atomic mass is 32.2. The predicted octanol–water partition coefficient (Wildman–Crippen LogP) is 4.20. The molecule has 0 spiro atoms. The SMILES string of the molecule is NS(=O)(=O)c1ccc(CNc2nc(NCC(F)(F)F)c3nc(-c4ccc(F)cc4)ccc3n2)c(F)c1. The van der Waals surface area contributed by atoms with Crippen LogP contribution in [0.15, 0.2) is 59.5 Å². The summed E-state index contributed by atoms with van der Waals surface area (Å²) in [6.07, 6.45) is -4.55. The Morgan fingerprint density at radius 1 is 0.889 bits per heavy atom. The molecule has 0 fully saturated rings. The number of primary sulfonamides is 1. The van der Waals surface area contributed by atoms with Crippen LogP contribution in [0.2, 0.25) is 0 Å². The molecule has 0 bridgehead atoms. The van der Waals surface area contributed by atoms with E-state index in [-0.39, 0.29) is 34.9 Å². The van der Waals surface area contributed by atoms with Gasteiger partial charge in [-0.15, -0.1) is 0 Å². The van der Waals surface area contributed by atoms with Crippen molar-refractivity contribution in [3.63, 3.8) is 0 Å². The largest absolute Gasteiger partial charge is 0.405 e. The number of hydrogen-bond donors (Lipinski definition) is 3. The smallest absolute Gasteiger partial charge is 0.359 e. The summed E-state index contributed by atoms with van der Waals surface area (Å²) in [6, 6.07) is 11.5.